The van der Waals surface area contributed by atoms with Crippen molar-refractivity contribution in [2.75, 3.05) is 25.6 Å². The molecule has 1 aromatic heterocycles. The predicted molar refractivity (Wildman–Crippen MR) is 74.7 cm³/mol. The van der Waals surface area contributed by atoms with Crippen molar-refractivity contribution in [2.45, 2.75) is 25.9 Å². The van der Waals surface area contributed by atoms with E-state index in [4.69, 9.17) is 16.3 Å². The summed E-state index contributed by atoms with van der Waals surface area (Å²) in [7, 11) is 0. The number of halogens is 1. The predicted octanol–water partition coefficient (Wildman–Crippen LogP) is 2.92. The number of carbonyl (C=O) groups excluding carboxylic acids is 1. The maximum absolute atomic E-state index is 12.3. The van der Waals surface area contributed by atoms with Gasteiger partial charge in [0.15, 0.2) is 0 Å². The maximum atomic E-state index is 12.3. The molecule has 100 valence electrons. The van der Waals surface area contributed by atoms with Crippen molar-refractivity contribution in [1.29, 1.82) is 0 Å². The SMILES string of the molecule is Cc1ccsc1C(=O)N1CCC(OCCCl)CC1. The molecule has 1 aromatic rings. The summed E-state index contributed by atoms with van der Waals surface area (Å²) in [5, 5.41) is 1.97. The molecular formula is C13H18ClNO2S. The first kappa shape index (κ1) is 13.8. The summed E-state index contributed by atoms with van der Waals surface area (Å²) in [4.78, 5) is 15.1. The topological polar surface area (TPSA) is 29.5 Å². The molecule has 0 unspecified atom stereocenters. The quantitative estimate of drug-likeness (QED) is 0.797. The molecule has 1 aliphatic heterocycles. The molecule has 1 aliphatic rings. The van der Waals surface area contributed by atoms with E-state index >= 15 is 0 Å². The van der Waals surface area contributed by atoms with E-state index in [1.54, 1.807) is 0 Å². The maximum Gasteiger partial charge on any atom is 0.264 e. The summed E-state index contributed by atoms with van der Waals surface area (Å²) in [5.41, 5.74) is 1.07. The van der Waals surface area contributed by atoms with E-state index in [-0.39, 0.29) is 12.0 Å². The zero-order chi connectivity index (χ0) is 13.0. The third-order valence-electron chi connectivity index (χ3n) is 3.22. The van der Waals surface area contributed by atoms with Gasteiger partial charge in [0.1, 0.15) is 0 Å². The first-order valence-electron chi connectivity index (χ1n) is 6.23. The van der Waals surface area contributed by atoms with Gasteiger partial charge >= 0.3 is 0 Å². The summed E-state index contributed by atoms with van der Waals surface area (Å²) >= 11 is 7.12. The minimum absolute atomic E-state index is 0.165. The minimum atomic E-state index is 0.165. The fourth-order valence-electron chi connectivity index (χ4n) is 2.17. The van der Waals surface area contributed by atoms with Crippen LogP contribution in [0.5, 0.6) is 0 Å². The smallest absolute Gasteiger partial charge is 0.264 e. The van der Waals surface area contributed by atoms with Crippen LogP contribution in [0.1, 0.15) is 28.1 Å². The number of thiophene rings is 1. The number of alkyl halides is 1. The van der Waals surface area contributed by atoms with Crippen LogP contribution in [0.15, 0.2) is 11.4 Å². The molecule has 0 radical (unpaired) electrons. The number of amides is 1. The Morgan fingerprint density at radius 3 is 2.83 bits per heavy atom. The first-order valence-corrected chi connectivity index (χ1v) is 7.64. The van der Waals surface area contributed by atoms with E-state index in [1.807, 2.05) is 23.3 Å². The van der Waals surface area contributed by atoms with Crippen LogP contribution in [0, 0.1) is 6.92 Å². The first-order chi connectivity index (χ1) is 8.72. The van der Waals surface area contributed by atoms with Crippen LogP contribution in [0.25, 0.3) is 0 Å². The lowest BCUT2D eigenvalue weighted by molar-refractivity contribution is 0.0155. The standard InChI is InChI=1S/C13H18ClNO2S/c1-10-4-9-18-12(10)13(16)15-6-2-11(3-7-15)17-8-5-14/h4,9,11H,2-3,5-8H2,1H3. The molecule has 0 aliphatic carbocycles. The van der Waals surface area contributed by atoms with Crippen LogP contribution < -0.4 is 0 Å². The second-order valence-corrected chi connectivity index (χ2v) is 5.78. The van der Waals surface area contributed by atoms with E-state index in [9.17, 15) is 4.79 Å². The van der Waals surface area contributed by atoms with Crippen molar-refractivity contribution in [1.82, 2.24) is 4.90 Å². The third-order valence-corrected chi connectivity index (χ3v) is 4.38. The van der Waals surface area contributed by atoms with Crippen molar-refractivity contribution < 1.29 is 9.53 Å². The van der Waals surface area contributed by atoms with Gasteiger partial charge in [0.2, 0.25) is 0 Å². The van der Waals surface area contributed by atoms with Crippen molar-refractivity contribution in [3.8, 4) is 0 Å². The molecule has 18 heavy (non-hydrogen) atoms. The summed E-state index contributed by atoms with van der Waals surface area (Å²) in [5.74, 6) is 0.700. The van der Waals surface area contributed by atoms with E-state index in [1.165, 1.54) is 11.3 Å². The van der Waals surface area contributed by atoms with Crippen LogP contribution >= 0.6 is 22.9 Å². The Bertz CT molecular complexity index is 399. The lowest BCUT2D eigenvalue weighted by Crippen LogP contribution is -2.41. The Balaban J connectivity index is 1.86. The summed E-state index contributed by atoms with van der Waals surface area (Å²) in [6, 6.07) is 1.99. The number of nitrogens with zero attached hydrogens (tertiary/aromatic N) is 1. The molecule has 0 bridgehead atoms. The summed E-state index contributed by atoms with van der Waals surface area (Å²) in [6.45, 7) is 4.15. The number of rotatable bonds is 4. The average Bonchev–Trinajstić information content (AvgIpc) is 2.82. The zero-order valence-corrected chi connectivity index (χ0v) is 12.1. The van der Waals surface area contributed by atoms with Crippen LogP contribution in [-0.4, -0.2) is 42.5 Å². The third kappa shape index (κ3) is 3.25. The monoisotopic (exact) mass is 287 g/mol. The molecule has 0 N–H and O–H groups in total. The fourth-order valence-corrected chi connectivity index (χ4v) is 3.15. The van der Waals surface area contributed by atoms with Gasteiger partial charge in [-0.3, -0.25) is 4.79 Å². The lowest BCUT2D eigenvalue weighted by atomic mass is 10.1. The van der Waals surface area contributed by atoms with Gasteiger partial charge in [-0.05, 0) is 36.8 Å². The van der Waals surface area contributed by atoms with Gasteiger partial charge in [0.25, 0.3) is 5.91 Å². The molecule has 0 atom stereocenters. The molecular weight excluding hydrogens is 270 g/mol. The number of piperidine rings is 1. The molecule has 1 saturated heterocycles. The summed E-state index contributed by atoms with van der Waals surface area (Å²) < 4.78 is 5.61. The number of aryl methyl sites for hydroxylation is 1. The van der Waals surface area contributed by atoms with E-state index in [0.717, 1.165) is 36.4 Å². The Hall–Kier alpha value is -0.580. The molecule has 1 fully saturated rings. The van der Waals surface area contributed by atoms with Crippen molar-refractivity contribution in [2.24, 2.45) is 0 Å². The van der Waals surface area contributed by atoms with Gasteiger partial charge in [0.05, 0.1) is 17.6 Å². The molecule has 1 amide bonds. The van der Waals surface area contributed by atoms with Gasteiger partial charge in [0, 0.05) is 19.0 Å². The number of hydrogen-bond donors (Lipinski definition) is 0. The Labute approximate surface area is 117 Å². The second-order valence-electron chi connectivity index (χ2n) is 4.48. The van der Waals surface area contributed by atoms with Crippen LogP contribution in [0.3, 0.4) is 0 Å². The highest BCUT2D eigenvalue weighted by Crippen LogP contribution is 2.21. The minimum Gasteiger partial charge on any atom is -0.377 e. The normalized spacial score (nSPS) is 17.1. The van der Waals surface area contributed by atoms with E-state index < -0.39 is 0 Å². The van der Waals surface area contributed by atoms with Gasteiger partial charge in [-0.15, -0.1) is 22.9 Å². The fraction of sp³-hybridized carbons (Fsp3) is 0.615. The van der Waals surface area contributed by atoms with Crippen LogP contribution in [0.4, 0.5) is 0 Å². The lowest BCUT2D eigenvalue weighted by Gasteiger charge is -2.31. The van der Waals surface area contributed by atoms with Crippen molar-refractivity contribution in [3.63, 3.8) is 0 Å². The Morgan fingerprint density at radius 1 is 1.56 bits per heavy atom. The Kier molecular flexibility index (Phi) is 5.03. The highest BCUT2D eigenvalue weighted by atomic mass is 35.5. The van der Waals surface area contributed by atoms with Gasteiger partial charge < -0.3 is 9.64 Å². The number of likely N-dealkylation sites (tertiary alicyclic amines) is 1. The zero-order valence-electron chi connectivity index (χ0n) is 10.5. The highest BCUT2D eigenvalue weighted by molar-refractivity contribution is 7.12. The largest absolute Gasteiger partial charge is 0.377 e. The molecule has 2 heterocycles. The van der Waals surface area contributed by atoms with E-state index in [0.29, 0.717) is 12.5 Å². The number of carbonyl (C=O) groups is 1. The molecule has 0 spiro atoms. The molecule has 5 heteroatoms. The van der Waals surface area contributed by atoms with Crippen LogP contribution in [0.2, 0.25) is 0 Å². The number of hydrogen-bond acceptors (Lipinski definition) is 3. The Morgan fingerprint density at radius 2 is 2.28 bits per heavy atom. The molecule has 3 nitrogen and oxygen atoms in total. The van der Waals surface area contributed by atoms with Gasteiger partial charge in [-0.1, -0.05) is 0 Å². The van der Waals surface area contributed by atoms with E-state index in [2.05, 4.69) is 0 Å². The van der Waals surface area contributed by atoms with Gasteiger partial charge in [-0.25, -0.2) is 0 Å². The van der Waals surface area contributed by atoms with Crippen molar-refractivity contribution in [3.05, 3.63) is 21.9 Å². The molecule has 2 rings (SSSR count). The molecule has 0 saturated carbocycles. The van der Waals surface area contributed by atoms with Crippen LogP contribution in [-0.2, 0) is 4.74 Å². The molecule has 0 aromatic carbocycles. The van der Waals surface area contributed by atoms with Gasteiger partial charge in [-0.2, -0.15) is 0 Å². The highest BCUT2D eigenvalue weighted by Gasteiger charge is 2.25. The van der Waals surface area contributed by atoms with Crippen molar-refractivity contribution >= 4 is 28.8 Å². The summed E-state index contributed by atoms with van der Waals surface area (Å²) in [6.07, 6.45) is 2.08. The average molecular weight is 288 g/mol. The second kappa shape index (κ2) is 6.55. The number of ether oxygens (including phenoxy) is 1.